The molecule has 66 heavy (non-hydrogen) atoms. The van der Waals surface area contributed by atoms with Gasteiger partial charge in [0, 0.05) is 53.1 Å². The molecule has 3 amide bonds. The molecule has 0 aliphatic carbocycles. The molecule has 3 aromatic heterocycles. The second-order valence-corrected chi connectivity index (χ2v) is 14.9. The molecule has 12 rings (SSSR count). The van der Waals surface area contributed by atoms with Gasteiger partial charge in [-0.05, 0) is 66.0 Å². The maximum Gasteiger partial charge on any atom is 0.296 e. The normalized spacial score (nSPS) is 14.5. The number of nitrogens with two attached hydrogens (primary N) is 1. The van der Waals surface area contributed by atoms with E-state index in [0.29, 0.717) is 36.6 Å². The third kappa shape index (κ3) is 10.2. The van der Waals surface area contributed by atoms with Gasteiger partial charge in [-0.15, -0.1) is 12.4 Å². The number of carbonyl (C=O) groups is 4. The number of nitrogens with one attached hydrogen (secondary N) is 7. The minimum Gasteiger partial charge on any atom is -0.357 e. The number of ketones is 1. The molecule has 0 saturated heterocycles. The van der Waals surface area contributed by atoms with Gasteiger partial charge in [0.1, 0.15) is 23.4 Å². The Balaban J connectivity index is 0.000000135. The van der Waals surface area contributed by atoms with Gasteiger partial charge in [-0.3, -0.25) is 29.5 Å². The summed E-state index contributed by atoms with van der Waals surface area (Å²) in [6.45, 7) is 1.45. The Labute approximate surface area is 395 Å². The molecule has 3 aliphatic heterocycles. The number of Topliss-reactive ketones (excluding diaryl/α,β-unsaturated/α-hetero) is 1. The van der Waals surface area contributed by atoms with E-state index >= 15 is 0 Å². The van der Waals surface area contributed by atoms with Crippen molar-refractivity contribution in [1.29, 1.82) is 0 Å². The van der Waals surface area contributed by atoms with Crippen LogP contribution in [0.5, 0.6) is 0 Å². The number of aliphatic imine (C=N–C) groups is 1. The number of H-pyrrole nitrogens is 3. The number of amides is 3. The van der Waals surface area contributed by atoms with Crippen molar-refractivity contribution in [3.8, 4) is 0 Å². The molecule has 1 radical (unpaired) electrons. The number of fused-ring (bicyclic) bond motifs is 6. The number of aromatic nitrogens is 5. The first-order chi connectivity index (χ1) is 31.3. The number of hydrogen-bond donors (Lipinski definition) is 8. The Morgan fingerprint density at radius 2 is 1.12 bits per heavy atom. The minimum absolute atomic E-state index is 0. The molecule has 0 fully saturated rings. The largest absolute Gasteiger partial charge is 0.357 e. The Hall–Kier alpha value is -7.66. The number of hydrogen-bond acceptors (Lipinski definition) is 9. The Kier molecular flexibility index (Phi) is 14.7. The minimum atomic E-state index is -0.536. The summed E-state index contributed by atoms with van der Waals surface area (Å²) in [6, 6.07) is 47.7. The van der Waals surface area contributed by atoms with Crippen molar-refractivity contribution in [2.75, 3.05) is 16.0 Å². The molecule has 3 aliphatic rings. The SMILES string of the molecule is Cl.NCc1cc2ccccc2[nH]1.O=C1Nc2ccccc2C1=NCc1nc2ccccc2[nH]1.O=C1Nc2ccccc2C1=O.O=C1Nc2ccccc2C1NCc1nc2ccccc2[nH]1.[V]. The van der Waals surface area contributed by atoms with Gasteiger partial charge in [-0.25, -0.2) is 9.97 Å². The molecule has 0 spiro atoms. The molecule has 17 heteroatoms. The van der Waals surface area contributed by atoms with Crippen molar-refractivity contribution in [2.24, 2.45) is 10.7 Å². The molecule has 1 unspecified atom stereocenters. The Morgan fingerprint density at radius 1 is 0.576 bits per heavy atom. The standard InChI is InChI=1S/C16H14N4O.C16H12N4O.C9H10N2.C8H5NO2.ClH.V/c2*21-16-15(10-5-1-2-6-11(10)20-16)17-9-14-18-12-7-3-4-8-13(12)19-14;10-6-8-5-7-3-1-2-4-9(7)11-8;10-7-5-3-1-2-4-6(5)9-8(7)11;;/h1-8,15,17H,9H2,(H,18,19)(H,20,21);1-8H,9H2,(H,18,19)(H,17,20,21);1-5,11H,6,10H2;1-4H,(H,9,10,11);1H;. The van der Waals surface area contributed by atoms with Crippen molar-refractivity contribution in [3.05, 3.63) is 186 Å². The molecular weight excluding hydrogens is 893 g/mol. The van der Waals surface area contributed by atoms with Crippen LogP contribution in [0.2, 0.25) is 0 Å². The first-order valence-electron chi connectivity index (χ1n) is 20.5. The Morgan fingerprint density at radius 3 is 1.79 bits per heavy atom. The molecule has 9 aromatic rings. The number of imidazole rings is 2. The van der Waals surface area contributed by atoms with Crippen LogP contribution in [0.15, 0.2) is 157 Å². The summed E-state index contributed by atoms with van der Waals surface area (Å²) in [5, 5.41) is 12.6. The van der Waals surface area contributed by atoms with Crippen LogP contribution in [0.4, 0.5) is 17.1 Å². The van der Waals surface area contributed by atoms with Crippen LogP contribution in [-0.2, 0) is 52.6 Å². The maximum atomic E-state index is 12.0. The third-order valence-electron chi connectivity index (χ3n) is 10.6. The number of rotatable bonds is 6. The maximum absolute atomic E-state index is 12.0. The number of benzene rings is 6. The number of para-hydroxylation sites is 8. The third-order valence-corrected chi connectivity index (χ3v) is 10.6. The van der Waals surface area contributed by atoms with Gasteiger partial charge < -0.3 is 36.6 Å². The van der Waals surface area contributed by atoms with E-state index in [1.165, 1.54) is 5.39 Å². The monoisotopic (exact) mass is 934 g/mol. The van der Waals surface area contributed by atoms with E-state index in [1.807, 2.05) is 109 Å². The number of aromatic amines is 3. The van der Waals surface area contributed by atoms with Crippen molar-refractivity contribution >= 4 is 91.7 Å². The van der Waals surface area contributed by atoms with Gasteiger partial charge in [0.25, 0.3) is 17.6 Å². The van der Waals surface area contributed by atoms with Crippen LogP contribution >= 0.6 is 12.4 Å². The van der Waals surface area contributed by atoms with E-state index < -0.39 is 11.7 Å². The average molecular weight is 935 g/mol. The van der Waals surface area contributed by atoms with Gasteiger partial charge in [0.15, 0.2) is 0 Å². The van der Waals surface area contributed by atoms with Crippen LogP contribution in [0.3, 0.4) is 0 Å². The summed E-state index contributed by atoms with van der Waals surface area (Å²) in [6.07, 6.45) is 0. The topological polar surface area (TPSA) is 228 Å². The van der Waals surface area contributed by atoms with Gasteiger partial charge in [0.05, 0.1) is 52.1 Å². The second-order valence-electron chi connectivity index (χ2n) is 14.9. The quantitative estimate of drug-likeness (QED) is 0.0769. The second kappa shape index (κ2) is 20.9. The zero-order valence-electron chi connectivity index (χ0n) is 35.0. The molecule has 6 aromatic carbocycles. The van der Waals surface area contributed by atoms with Crippen LogP contribution in [0, 0.1) is 0 Å². The predicted octanol–water partition coefficient (Wildman–Crippen LogP) is 7.72. The van der Waals surface area contributed by atoms with Crippen molar-refractivity contribution in [3.63, 3.8) is 0 Å². The summed E-state index contributed by atoms with van der Waals surface area (Å²) < 4.78 is 0. The van der Waals surface area contributed by atoms with E-state index in [0.717, 1.165) is 67.4 Å². The molecule has 9 N–H and O–H groups in total. The van der Waals surface area contributed by atoms with Gasteiger partial charge in [-0.1, -0.05) is 91.0 Å². The zero-order chi connectivity index (χ0) is 44.0. The van der Waals surface area contributed by atoms with Crippen LogP contribution in [0.25, 0.3) is 33.0 Å². The number of nitrogens with zero attached hydrogens (tertiary/aromatic N) is 3. The summed E-state index contributed by atoms with van der Waals surface area (Å²) in [7, 11) is 0. The predicted molar refractivity (Wildman–Crippen MR) is 255 cm³/mol. The smallest absolute Gasteiger partial charge is 0.296 e. The first-order valence-corrected chi connectivity index (χ1v) is 20.5. The van der Waals surface area contributed by atoms with E-state index in [2.05, 4.69) is 69.4 Å². The molecule has 329 valence electrons. The van der Waals surface area contributed by atoms with E-state index in [4.69, 9.17) is 5.73 Å². The van der Waals surface area contributed by atoms with Crippen LogP contribution in [0.1, 0.15) is 44.9 Å². The molecule has 0 saturated carbocycles. The summed E-state index contributed by atoms with van der Waals surface area (Å²) in [5.74, 6) is 0.417. The van der Waals surface area contributed by atoms with Crippen molar-refractivity contribution in [2.45, 2.75) is 25.7 Å². The fourth-order valence-corrected chi connectivity index (χ4v) is 7.53. The fraction of sp³-hybridized carbons (Fsp3) is 0.0816. The van der Waals surface area contributed by atoms with Gasteiger partial charge >= 0.3 is 0 Å². The van der Waals surface area contributed by atoms with E-state index in [-0.39, 0.29) is 48.8 Å². The average Bonchev–Trinajstić information content (AvgIpc) is 4.18. The zero-order valence-corrected chi connectivity index (χ0v) is 37.3. The van der Waals surface area contributed by atoms with Gasteiger partial charge in [-0.2, -0.15) is 0 Å². The molecule has 15 nitrogen and oxygen atoms in total. The molecule has 6 heterocycles. The fourth-order valence-electron chi connectivity index (χ4n) is 7.53. The molecule has 0 bridgehead atoms. The summed E-state index contributed by atoms with van der Waals surface area (Å²) >= 11 is 0. The molecule has 1 atom stereocenters. The van der Waals surface area contributed by atoms with Crippen LogP contribution < -0.4 is 27.0 Å². The number of halogens is 1. The summed E-state index contributed by atoms with van der Waals surface area (Å²) in [4.78, 5) is 68.8. The molecular formula is C49H42ClN11O4V. The van der Waals surface area contributed by atoms with Crippen molar-refractivity contribution < 1.29 is 37.7 Å². The summed E-state index contributed by atoms with van der Waals surface area (Å²) in [5.41, 5.74) is 16.6. The van der Waals surface area contributed by atoms with Gasteiger partial charge in [0.2, 0.25) is 5.91 Å². The van der Waals surface area contributed by atoms with E-state index in [1.54, 1.807) is 24.3 Å². The van der Waals surface area contributed by atoms with Crippen molar-refractivity contribution in [1.82, 2.24) is 30.2 Å². The number of carbonyl (C=O) groups excluding carboxylic acids is 4. The Bertz CT molecular complexity index is 3150. The first kappa shape index (κ1) is 46.3. The van der Waals surface area contributed by atoms with E-state index in [9.17, 15) is 19.2 Å². The number of anilines is 3. The van der Waals surface area contributed by atoms with Crippen LogP contribution in [-0.4, -0.2) is 54.1 Å².